The molecule has 0 fully saturated rings. The van der Waals surface area contributed by atoms with Gasteiger partial charge in [-0.25, -0.2) is 0 Å². The number of hydrogen-bond acceptors (Lipinski definition) is 4. The van der Waals surface area contributed by atoms with Gasteiger partial charge >= 0.3 is 0 Å². The van der Waals surface area contributed by atoms with E-state index in [9.17, 15) is 0 Å². The maximum absolute atomic E-state index is 5.52. The monoisotopic (exact) mass is 219 g/mol. The molecule has 0 saturated carbocycles. The van der Waals surface area contributed by atoms with Gasteiger partial charge in [0, 0.05) is 12.6 Å². The second-order valence-corrected chi connectivity index (χ2v) is 4.13. The summed E-state index contributed by atoms with van der Waals surface area (Å²) in [7, 11) is 0. The van der Waals surface area contributed by atoms with Crippen LogP contribution in [-0.2, 0) is 14.2 Å². The normalized spacial score (nSPS) is 13.4. The van der Waals surface area contributed by atoms with Crippen molar-refractivity contribution in [1.29, 1.82) is 0 Å². The minimum Gasteiger partial charge on any atom is -0.379 e. The second kappa shape index (κ2) is 10.4. The standard InChI is InChI=1S/C11H25NO3/c1-10(2)8-14-6-4-13-5-7-15-9-11(3)12/h10-11H,4-9,12H2,1-3H3. The zero-order chi connectivity index (χ0) is 11.5. The fourth-order valence-corrected chi connectivity index (χ4v) is 0.926. The Morgan fingerprint density at radius 1 is 0.800 bits per heavy atom. The lowest BCUT2D eigenvalue weighted by Crippen LogP contribution is -2.23. The predicted molar refractivity (Wildman–Crippen MR) is 60.9 cm³/mol. The Labute approximate surface area is 93.1 Å². The van der Waals surface area contributed by atoms with Crippen LogP contribution in [-0.4, -0.2) is 45.7 Å². The van der Waals surface area contributed by atoms with Crippen LogP contribution in [0, 0.1) is 5.92 Å². The van der Waals surface area contributed by atoms with Gasteiger partial charge < -0.3 is 19.9 Å². The molecule has 1 atom stereocenters. The SMILES string of the molecule is CC(C)COCCOCCOCC(C)N. The highest BCUT2D eigenvalue weighted by Crippen LogP contribution is 1.91. The zero-order valence-electron chi connectivity index (χ0n) is 10.2. The highest BCUT2D eigenvalue weighted by Gasteiger charge is 1.95. The minimum atomic E-state index is 0.0966. The van der Waals surface area contributed by atoms with Gasteiger partial charge in [0.2, 0.25) is 0 Å². The Hall–Kier alpha value is -0.160. The maximum atomic E-state index is 5.52. The highest BCUT2D eigenvalue weighted by molar-refractivity contribution is 4.48. The molecular weight excluding hydrogens is 194 g/mol. The Morgan fingerprint density at radius 2 is 1.27 bits per heavy atom. The van der Waals surface area contributed by atoms with Gasteiger partial charge in [0.25, 0.3) is 0 Å². The lowest BCUT2D eigenvalue weighted by molar-refractivity contribution is 0.00807. The molecule has 0 aromatic heterocycles. The summed E-state index contributed by atoms with van der Waals surface area (Å²) in [6.45, 7) is 10.1. The summed E-state index contributed by atoms with van der Waals surface area (Å²) in [6.07, 6.45) is 0. The van der Waals surface area contributed by atoms with Crippen molar-refractivity contribution in [1.82, 2.24) is 0 Å². The van der Waals surface area contributed by atoms with Crippen molar-refractivity contribution in [2.45, 2.75) is 26.8 Å². The molecule has 0 amide bonds. The molecule has 0 aliphatic heterocycles. The summed E-state index contributed by atoms with van der Waals surface area (Å²) in [5, 5.41) is 0. The number of rotatable bonds is 10. The third kappa shape index (κ3) is 13.8. The van der Waals surface area contributed by atoms with Crippen molar-refractivity contribution in [2.75, 3.05) is 39.6 Å². The van der Waals surface area contributed by atoms with Gasteiger partial charge in [-0.1, -0.05) is 13.8 Å². The van der Waals surface area contributed by atoms with E-state index in [1.54, 1.807) is 0 Å². The summed E-state index contributed by atoms with van der Waals surface area (Å²) >= 11 is 0. The van der Waals surface area contributed by atoms with Crippen LogP contribution in [0.5, 0.6) is 0 Å². The molecule has 4 nitrogen and oxygen atoms in total. The van der Waals surface area contributed by atoms with Gasteiger partial charge in [0.05, 0.1) is 33.0 Å². The lowest BCUT2D eigenvalue weighted by atomic mass is 10.2. The van der Waals surface area contributed by atoms with Crippen LogP contribution < -0.4 is 5.73 Å². The van der Waals surface area contributed by atoms with E-state index in [0.29, 0.717) is 39.0 Å². The molecule has 0 bridgehead atoms. The average Bonchev–Trinajstić information content (AvgIpc) is 2.14. The second-order valence-electron chi connectivity index (χ2n) is 4.13. The first-order chi connectivity index (χ1) is 7.13. The molecule has 0 aromatic carbocycles. The van der Waals surface area contributed by atoms with Gasteiger partial charge in [-0.15, -0.1) is 0 Å². The highest BCUT2D eigenvalue weighted by atomic mass is 16.5. The minimum absolute atomic E-state index is 0.0966. The van der Waals surface area contributed by atoms with E-state index < -0.39 is 0 Å². The molecule has 0 heterocycles. The lowest BCUT2D eigenvalue weighted by Gasteiger charge is -2.09. The van der Waals surface area contributed by atoms with Crippen LogP contribution in [0.25, 0.3) is 0 Å². The Morgan fingerprint density at radius 3 is 1.73 bits per heavy atom. The van der Waals surface area contributed by atoms with Crippen molar-refractivity contribution in [3.63, 3.8) is 0 Å². The molecule has 0 saturated heterocycles. The number of hydrogen-bond donors (Lipinski definition) is 1. The summed E-state index contributed by atoms with van der Waals surface area (Å²) in [6, 6.07) is 0.0966. The molecule has 4 heteroatoms. The van der Waals surface area contributed by atoms with Crippen LogP contribution in [0.1, 0.15) is 20.8 Å². The van der Waals surface area contributed by atoms with Crippen molar-refractivity contribution in [3.05, 3.63) is 0 Å². The van der Waals surface area contributed by atoms with Crippen molar-refractivity contribution in [2.24, 2.45) is 11.7 Å². The van der Waals surface area contributed by atoms with E-state index in [-0.39, 0.29) is 6.04 Å². The van der Waals surface area contributed by atoms with Gasteiger partial charge in [-0.2, -0.15) is 0 Å². The van der Waals surface area contributed by atoms with Gasteiger partial charge in [0.15, 0.2) is 0 Å². The van der Waals surface area contributed by atoms with Crippen LogP contribution in [0.3, 0.4) is 0 Å². The molecule has 0 aliphatic carbocycles. The molecule has 0 radical (unpaired) electrons. The van der Waals surface area contributed by atoms with Crippen LogP contribution in [0.4, 0.5) is 0 Å². The Kier molecular flexibility index (Phi) is 10.3. The van der Waals surface area contributed by atoms with E-state index in [1.807, 2.05) is 6.92 Å². The largest absolute Gasteiger partial charge is 0.379 e. The molecule has 0 aromatic rings. The van der Waals surface area contributed by atoms with Crippen LogP contribution in [0.2, 0.25) is 0 Å². The number of nitrogens with two attached hydrogens (primary N) is 1. The van der Waals surface area contributed by atoms with Crippen LogP contribution in [0.15, 0.2) is 0 Å². The predicted octanol–water partition coefficient (Wildman–Crippen LogP) is 1.04. The first kappa shape index (κ1) is 14.8. The van der Waals surface area contributed by atoms with E-state index in [4.69, 9.17) is 19.9 Å². The zero-order valence-corrected chi connectivity index (χ0v) is 10.2. The number of ether oxygens (including phenoxy) is 3. The van der Waals surface area contributed by atoms with Crippen LogP contribution >= 0.6 is 0 Å². The maximum Gasteiger partial charge on any atom is 0.0701 e. The third-order valence-electron chi connectivity index (χ3n) is 1.58. The third-order valence-corrected chi connectivity index (χ3v) is 1.58. The first-order valence-corrected chi connectivity index (χ1v) is 5.61. The van der Waals surface area contributed by atoms with Crippen molar-refractivity contribution in [3.8, 4) is 0 Å². The molecule has 0 spiro atoms. The average molecular weight is 219 g/mol. The fourth-order valence-electron chi connectivity index (χ4n) is 0.926. The summed E-state index contributed by atoms with van der Waals surface area (Å²) < 4.78 is 15.9. The van der Waals surface area contributed by atoms with Gasteiger partial charge in [0.1, 0.15) is 0 Å². The molecule has 1 unspecified atom stereocenters. The molecular formula is C11H25NO3. The van der Waals surface area contributed by atoms with E-state index >= 15 is 0 Å². The quantitative estimate of drug-likeness (QED) is 0.558. The Bertz CT molecular complexity index is 115. The van der Waals surface area contributed by atoms with Crippen molar-refractivity contribution < 1.29 is 14.2 Å². The van der Waals surface area contributed by atoms with Crippen molar-refractivity contribution >= 4 is 0 Å². The fraction of sp³-hybridized carbons (Fsp3) is 1.00. The van der Waals surface area contributed by atoms with E-state index in [2.05, 4.69) is 13.8 Å². The summed E-state index contributed by atoms with van der Waals surface area (Å²) in [5.41, 5.74) is 5.52. The molecule has 2 N–H and O–H groups in total. The molecule has 92 valence electrons. The summed E-state index contributed by atoms with van der Waals surface area (Å²) in [4.78, 5) is 0. The smallest absolute Gasteiger partial charge is 0.0701 e. The molecule has 0 aliphatic rings. The summed E-state index contributed by atoms with van der Waals surface area (Å²) in [5.74, 6) is 0.583. The Balaban J connectivity index is 2.93. The van der Waals surface area contributed by atoms with Gasteiger partial charge in [-0.3, -0.25) is 0 Å². The van der Waals surface area contributed by atoms with Gasteiger partial charge in [-0.05, 0) is 12.8 Å². The molecule has 0 rings (SSSR count). The van der Waals surface area contributed by atoms with E-state index in [0.717, 1.165) is 6.61 Å². The van der Waals surface area contributed by atoms with E-state index in [1.165, 1.54) is 0 Å². The topological polar surface area (TPSA) is 53.7 Å². The first-order valence-electron chi connectivity index (χ1n) is 5.61. The molecule has 15 heavy (non-hydrogen) atoms.